The maximum atomic E-state index is 11.2. The second kappa shape index (κ2) is 4.08. The first kappa shape index (κ1) is 11.5. The number of aliphatic hydroxyl groups is 1. The highest BCUT2D eigenvalue weighted by molar-refractivity contribution is 7.09. The summed E-state index contributed by atoms with van der Waals surface area (Å²) in [6.07, 6.45) is 8.80. The van der Waals surface area contributed by atoms with Gasteiger partial charge in [0.05, 0.1) is 5.60 Å². The lowest BCUT2D eigenvalue weighted by molar-refractivity contribution is -0.175. The third-order valence-electron chi connectivity index (χ3n) is 5.90. The van der Waals surface area contributed by atoms with E-state index < -0.39 is 0 Å². The fourth-order valence-electron chi connectivity index (χ4n) is 5.19. The standard InChI is InChI=1S/C16H22OS/c17-16(4-3-15-2-1-5-18-15)13-7-11-6-12(9-13)10-14(16)8-11/h1-2,5,11-14,17H,3-4,6-10H2. The van der Waals surface area contributed by atoms with Gasteiger partial charge in [0.15, 0.2) is 0 Å². The van der Waals surface area contributed by atoms with Crippen LogP contribution in [0.3, 0.4) is 0 Å². The Bertz CT molecular complexity index is 394. The van der Waals surface area contributed by atoms with E-state index in [1.165, 1.54) is 37.0 Å². The zero-order valence-corrected chi connectivity index (χ0v) is 11.7. The molecule has 0 spiro atoms. The maximum Gasteiger partial charge on any atom is 0.0707 e. The molecule has 0 atom stereocenters. The van der Waals surface area contributed by atoms with E-state index >= 15 is 0 Å². The van der Waals surface area contributed by atoms with Crippen molar-refractivity contribution in [3.8, 4) is 0 Å². The highest BCUT2D eigenvalue weighted by Gasteiger charge is 2.55. The zero-order valence-electron chi connectivity index (χ0n) is 10.8. The van der Waals surface area contributed by atoms with Crippen molar-refractivity contribution in [3.05, 3.63) is 22.4 Å². The van der Waals surface area contributed by atoms with Gasteiger partial charge >= 0.3 is 0 Å². The summed E-state index contributed by atoms with van der Waals surface area (Å²) in [5.74, 6) is 3.14. The summed E-state index contributed by atoms with van der Waals surface area (Å²) in [6.45, 7) is 0. The molecule has 1 N–H and O–H groups in total. The minimum absolute atomic E-state index is 0.322. The molecule has 1 heterocycles. The van der Waals surface area contributed by atoms with Crippen LogP contribution in [0.4, 0.5) is 0 Å². The number of thiophene rings is 1. The summed E-state index contributed by atoms with van der Waals surface area (Å²) >= 11 is 1.84. The van der Waals surface area contributed by atoms with E-state index in [-0.39, 0.29) is 5.60 Å². The minimum atomic E-state index is -0.322. The molecule has 0 saturated heterocycles. The Morgan fingerprint density at radius 3 is 2.33 bits per heavy atom. The van der Waals surface area contributed by atoms with Gasteiger partial charge in [0.25, 0.3) is 0 Å². The van der Waals surface area contributed by atoms with Crippen LogP contribution in [-0.2, 0) is 6.42 Å². The van der Waals surface area contributed by atoms with E-state index in [1.54, 1.807) is 0 Å². The van der Waals surface area contributed by atoms with Crippen LogP contribution in [0.15, 0.2) is 17.5 Å². The summed E-state index contributed by atoms with van der Waals surface area (Å²) in [5, 5.41) is 13.3. The number of rotatable bonds is 3. The highest BCUT2D eigenvalue weighted by Crippen LogP contribution is 2.59. The van der Waals surface area contributed by atoms with E-state index in [1.807, 2.05) is 11.3 Å². The van der Waals surface area contributed by atoms with E-state index in [0.29, 0.717) is 11.8 Å². The van der Waals surface area contributed by atoms with Crippen LogP contribution in [0.2, 0.25) is 0 Å². The summed E-state index contributed by atoms with van der Waals surface area (Å²) in [5.41, 5.74) is -0.322. The molecule has 1 aromatic rings. The number of hydrogen-bond donors (Lipinski definition) is 1. The fourth-order valence-corrected chi connectivity index (χ4v) is 5.90. The van der Waals surface area contributed by atoms with Crippen molar-refractivity contribution in [2.75, 3.05) is 0 Å². The van der Waals surface area contributed by atoms with Crippen LogP contribution in [-0.4, -0.2) is 10.7 Å². The SMILES string of the molecule is OC1(CCc2cccs2)C2CC3CC(C2)CC1C3. The molecule has 1 aromatic heterocycles. The molecule has 98 valence electrons. The Kier molecular flexibility index (Phi) is 2.60. The van der Waals surface area contributed by atoms with Gasteiger partial charge in [-0.3, -0.25) is 0 Å². The molecule has 0 unspecified atom stereocenters. The van der Waals surface area contributed by atoms with Gasteiger partial charge in [0.1, 0.15) is 0 Å². The van der Waals surface area contributed by atoms with Gasteiger partial charge in [-0.1, -0.05) is 6.07 Å². The van der Waals surface area contributed by atoms with Crippen molar-refractivity contribution in [2.45, 2.75) is 50.5 Å². The van der Waals surface area contributed by atoms with Gasteiger partial charge in [-0.2, -0.15) is 0 Å². The molecular weight excluding hydrogens is 240 g/mol. The normalized spacial score (nSPS) is 45.6. The summed E-state index contributed by atoms with van der Waals surface area (Å²) in [7, 11) is 0. The molecule has 0 aromatic carbocycles. The summed E-state index contributed by atoms with van der Waals surface area (Å²) < 4.78 is 0. The third-order valence-corrected chi connectivity index (χ3v) is 6.84. The minimum Gasteiger partial charge on any atom is -0.389 e. The Balaban J connectivity index is 1.52. The van der Waals surface area contributed by atoms with Crippen molar-refractivity contribution in [3.63, 3.8) is 0 Å². The molecule has 4 fully saturated rings. The van der Waals surface area contributed by atoms with Gasteiger partial charge in [-0.05, 0) is 80.1 Å². The Hall–Kier alpha value is -0.340. The smallest absolute Gasteiger partial charge is 0.0707 e. The highest BCUT2D eigenvalue weighted by atomic mass is 32.1. The first-order chi connectivity index (χ1) is 8.74. The van der Waals surface area contributed by atoms with Crippen molar-refractivity contribution < 1.29 is 5.11 Å². The third kappa shape index (κ3) is 1.69. The number of aryl methyl sites for hydroxylation is 1. The summed E-state index contributed by atoms with van der Waals surface area (Å²) in [4.78, 5) is 1.44. The first-order valence-electron chi connectivity index (χ1n) is 7.49. The van der Waals surface area contributed by atoms with Crippen molar-refractivity contribution in [1.82, 2.24) is 0 Å². The Labute approximate surface area is 113 Å². The Morgan fingerprint density at radius 2 is 1.78 bits per heavy atom. The quantitative estimate of drug-likeness (QED) is 0.877. The van der Waals surface area contributed by atoms with Crippen LogP contribution in [0.25, 0.3) is 0 Å². The second-order valence-corrected chi connectivity index (χ2v) is 7.91. The van der Waals surface area contributed by atoms with Crippen LogP contribution < -0.4 is 0 Å². The molecule has 4 aliphatic rings. The van der Waals surface area contributed by atoms with Crippen LogP contribution in [0.1, 0.15) is 43.4 Å². The van der Waals surface area contributed by atoms with E-state index in [4.69, 9.17) is 0 Å². The van der Waals surface area contributed by atoms with Crippen LogP contribution in [0, 0.1) is 23.7 Å². The van der Waals surface area contributed by atoms with Gasteiger partial charge in [-0.25, -0.2) is 0 Å². The van der Waals surface area contributed by atoms with E-state index in [9.17, 15) is 5.11 Å². The van der Waals surface area contributed by atoms with Gasteiger partial charge < -0.3 is 5.11 Å². The van der Waals surface area contributed by atoms with Gasteiger partial charge in [-0.15, -0.1) is 11.3 Å². The molecule has 0 aliphatic heterocycles. The molecule has 2 heteroatoms. The monoisotopic (exact) mass is 262 g/mol. The lowest BCUT2D eigenvalue weighted by atomic mass is 9.49. The van der Waals surface area contributed by atoms with Crippen LogP contribution in [0.5, 0.6) is 0 Å². The molecule has 4 saturated carbocycles. The van der Waals surface area contributed by atoms with Crippen molar-refractivity contribution in [2.24, 2.45) is 23.7 Å². The largest absolute Gasteiger partial charge is 0.389 e. The van der Waals surface area contributed by atoms with Crippen molar-refractivity contribution in [1.29, 1.82) is 0 Å². The molecule has 4 aliphatic carbocycles. The molecule has 0 radical (unpaired) electrons. The van der Waals surface area contributed by atoms with Crippen molar-refractivity contribution >= 4 is 11.3 Å². The maximum absolute atomic E-state index is 11.2. The number of hydrogen-bond acceptors (Lipinski definition) is 2. The van der Waals surface area contributed by atoms with Gasteiger partial charge in [0, 0.05) is 4.88 Å². The molecule has 18 heavy (non-hydrogen) atoms. The zero-order chi connectivity index (χ0) is 12.2. The van der Waals surface area contributed by atoms with E-state index in [0.717, 1.165) is 24.7 Å². The predicted octanol–water partition coefficient (Wildman–Crippen LogP) is 3.87. The molecule has 0 amide bonds. The molecule has 1 nitrogen and oxygen atoms in total. The topological polar surface area (TPSA) is 20.2 Å². The average molecular weight is 262 g/mol. The average Bonchev–Trinajstić information content (AvgIpc) is 2.86. The lowest BCUT2D eigenvalue weighted by Gasteiger charge is -2.59. The van der Waals surface area contributed by atoms with Gasteiger partial charge in [0.2, 0.25) is 0 Å². The fraction of sp³-hybridized carbons (Fsp3) is 0.750. The Morgan fingerprint density at radius 1 is 1.11 bits per heavy atom. The summed E-state index contributed by atoms with van der Waals surface area (Å²) in [6, 6.07) is 4.34. The predicted molar refractivity (Wildman–Crippen MR) is 74.6 cm³/mol. The molecular formula is C16H22OS. The lowest BCUT2D eigenvalue weighted by Crippen LogP contribution is -2.57. The van der Waals surface area contributed by atoms with Crippen LogP contribution >= 0.6 is 11.3 Å². The second-order valence-electron chi connectivity index (χ2n) is 6.88. The molecule has 4 bridgehead atoms. The molecule has 5 rings (SSSR count). The van der Waals surface area contributed by atoms with E-state index in [2.05, 4.69) is 17.5 Å². The first-order valence-corrected chi connectivity index (χ1v) is 8.37.